The summed E-state index contributed by atoms with van der Waals surface area (Å²) >= 11 is 3.53. The molecule has 0 radical (unpaired) electrons. The summed E-state index contributed by atoms with van der Waals surface area (Å²) in [4.78, 5) is 0. The molecule has 20 heavy (non-hydrogen) atoms. The molecule has 0 bridgehead atoms. The molecule has 0 aromatic heterocycles. The topological polar surface area (TPSA) is 21.3 Å². The Hall–Kier alpha value is -0.380. The summed E-state index contributed by atoms with van der Waals surface area (Å²) in [6.45, 7) is 5.00. The van der Waals surface area contributed by atoms with Crippen molar-refractivity contribution in [3.8, 4) is 0 Å². The Morgan fingerprint density at radius 3 is 2.80 bits per heavy atom. The van der Waals surface area contributed by atoms with Crippen molar-refractivity contribution < 1.29 is 4.74 Å². The van der Waals surface area contributed by atoms with Crippen LogP contribution in [0.4, 0.5) is 0 Å². The van der Waals surface area contributed by atoms with Crippen LogP contribution in [-0.2, 0) is 11.3 Å². The van der Waals surface area contributed by atoms with E-state index in [1.807, 2.05) is 0 Å². The minimum absolute atomic E-state index is 0.540. The highest BCUT2D eigenvalue weighted by molar-refractivity contribution is 9.10. The molecule has 1 aromatic carbocycles. The van der Waals surface area contributed by atoms with E-state index >= 15 is 0 Å². The van der Waals surface area contributed by atoms with E-state index in [9.17, 15) is 0 Å². The lowest BCUT2D eigenvalue weighted by Gasteiger charge is -2.21. The lowest BCUT2D eigenvalue weighted by Crippen LogP contribution is -2.20. The second kappa shape index (κ2) is 8.81. The van der Waals surface area contributed by atoms with Crippen molar-refractivity contribution in [2.45, 2.75) is 58.1 Å². The number of hydrogen-bond acceptors (Lipinski definition) is 2. The molecule has 0 saturated heterocycles. The number of halogens is 1. The summed E-state index contributed by atoms with van der Waals surface area (Å²) in [5, 5.41) is 3.49. The Labute approximate surface area is 131 Å². The molecule has 112 valence electrons. The van der Waals surface area contributed by atoms with Crippen LogP contribution in [0.2, 0.25) is 0 Å². The van der Waals surface area contributed by atoms with Gasteiger partial charge in [0, 0.05) is 17.6 Å². The van der Waals surface area contributed by atoms with E-state index in [0.717, 1.165) is 26.1 Å². The van der Waals surface area contributed by atoms with Gasteiger partial charge in [0.15, 0.2) is 0 Å². The molecule has 0 aliphatic heterocycles. The first kappa shape index (κ1) is 16.0. The van der Waals surface area contributed by atoms with Crippen LogP contribution in [0.1, 0.15) is 49.7 Å². The molecule has 1 aliphatic rings. The number of aryl methyl sites for hydroxylation is 1. The summed E-state index contributed by atoms with van der Waals surface area (Å²) in [5.41, 5.74) is 2.64. The average molecular weight is 340 g/mol. The number of nitrogens with one attached hydrogen (secondary N) is 1. The number of ether oxygens (including phenoxy) is 1. The molecule has 0 atom stereocenters. The van der Waals surface area contributed by atoms with Crippen molar-refractivity contribution >= 4 is 15.9 Å². The quantitative estimate of drug-likeness (QED) is 0.733. The van der Waals surface area contributed by atoms with E-state index in [1.165, 1.54) is 47.7 Å². The fraction of sp³-hybridized carbons (Fsp3) is 0.647. The zero-order chi connectivity index (χ0) is 14.2. The lowest BCUT2D eigenvalue weighted by atomic mass is 9.98. The third-order valence-electron chi connectivity index (χ3n) is 3.96. The third-order valence-corrected chi connectivity index (χ3v) is 4.84. The van der Waals surface area contributed by atoms with E-state index in [0.29, 0.717) is 6.10 Å². The Bertz CT molecular complexity index is 402. The Balaban J connectivity index is 1.53. The molecule has 1 aromatic rings. The molecule has 1 saturated carbocycles. The first-order chi connectivity index (χ1) is 9.75. The molecule has 0 spiro atoms. The highest BCUT2D eigenvalue weighted by atomic mass is 79.9. The van der Waals surface area contributed by atoms with Gasteiger partial charge in [-0.25, -0.2) is 0 Å². The third kappa shape index (κ3) is 5.55. The van der Waals surface area contributed by atoms with Crippen molar-refractivity contribution in [3.63, 3.8) is 0 Å². The van der Waals surface area contributed by atoms with E-state index in [-0.39, 0.29) is 0 Å². The van der Waals surface area contributed by atoms with Gasteiger partial charge in [-0.1, -0.05) is 47.3 Å². The van der Waals surface area contributed by atoms with Gasteiger partial charge in [0.05, 0.1) is 6.10 Å². The molecule has 2 rings (SSSR count). The second-order valence-corrected chi connectivity index (χ2v) is 6.60. The Kier molecular flexibility index (Phi) is 7.05. The van der Waals surface area contributed by atoms with E-state index in [2.05, 4.69) is 46.4 Å². The van der Waals surface area contributed by atoms with Gasteiger partial charge in [-0.15, -0.1) is 0 Å². The maximum absolute atomic E-state index is 5.92. The molecule has 1 fully saturated rings. The zero-order valence-electron chi connectivity index (χ0n) is 12.5. The summed E-state index contributed by atoms with van der Waals surface area (Å²) in [5.74, 6) is 0. The zero-order valence-corrected chi connectivity index (χ0v) is 14.0. The highest BCUT2D eigenvalue weighted by Gasteiger charge is 2.12. The molecule has 0 heterocycles. The molecular formula is C17H26BrNO. The normalized spacial score (nSPS) is 16.5. The van der Waals surface area contributed by atoms with Crippen LogP contribution in [0.25, 0.3) is 0 Å². The summed E-state index contributed by atoms with van der Waals surface area (Å²) in [6.07, 6.45) is 8.28. The molecule has 1 N–H and O–H groups in total. The summed E-state index contributed by atoms with van der Waals surface area (Å²) in [6, 6.07) is 6.52. The predicted octanol–water partition coefficient (Wildman–Crippen LogP) is 4.59. The van der Waals surface area contributed by atoms with Crippen molar-refractivity contribution in [2.75, 3.05) is 13.2 Å². The molecule has 1 aliphatic carbocycles. The SMILES string of the molecule is Cc1cc(CNCCCOC2CCCCC2)ccc1Br. The molecular weight excluding hydrogens is 314 g/mol. The van der Waals surface area contributed by atoms with Crippen LogP contribution in [0.3, 0.4) is 0 Å². The average Bonchev–Trinajstić information content (AvgIpc) is 2.47. The van der Waals surface area contributed by atoms with Crippen molar-refractivity contribution in [1.82, 2.24) is 5.32 Å². The molecule has 3 heteroatoms. The maximum atomic E-state index is 5.92. The molecule has 0 amide bonds. The highest BCUT2D eigenvalue weighted by Crippen LogP contribution is 2.20. The predicted molar refractivity (Wildman–Crippen MR) is 88.0 cm³/mol. The number of benzene rings is 1. The van der Waals surface area contributed by atoms with Crippen LogP contribution in [0.15, 0.2) is 22.7 Å². The fourth-order valence-corrected chi connectivity index (χ4v) is 2.98. The van der Waals surface area contributed by atoms with E-state index in [1.54, 1.807) is 0 Å². The standard InChI is InChI=1S/C17H26BrNO/c1-14-12-15(8-9-17(14)18)13-19-10-5-11-20-16-6-3-2-4-7-16/h8-9,12,16,19H,2-7,10-11,13H2,1H3. The van der Waals surface area contributed by atoms with E-state index in [4.69, 9.17) is 4.74 Å². The van der Waals surface area contributed by atoms with Gasteiger partial charge in [-0.05, 0) is 49.9 Å². The largest absolute Gasteiger partial charge is 0.378 e. The first-order valence-corrected chi connectivity index (χ1v) is 8.62. The van der Waals surface area contributed by atoms with Crippen LogP contribution in [-0.4, -0.2) is 19.3 Å². The van der Waals surface area contributed by atoms with Crippen LogP contribution >= 0.6 is 15.9 Å². The molecule has 2 nitrogen and oxygen atoms in total. The number of rotatable bonds is 7. The number of hydrogen-bond donors (Lipinski definition) is 1. The fourth-order valence-electron chi connectivity index (χ4n) is 2.73. The van der Waals surface area contributed by atoms with Gasteiger partial charge in [0.25, 0.3) is 0 Å². The van der Waals surface area contributed by atoms with Crippen molar-refractivity contribution in [1.29, 1.82) is 0 Å². The van der Waals surface area contributed by atoms with E-state index < -0.39 is 0 Å². The Morgan fingerprint density at radius 1 is 1.25 bits per heavy atom. The van der Waals surface area contributed by atoms with Gasteiger partial charge in [0.1, 0.15) is 0 Å². The maximum Gasteiger partial charge on any atom is 0.0575 e. The van der Waals surface area contributed by atoms with Gasteiger partial charge in [-0.2, -0.15) is 0 Å². The second-order valence-electron chi connectivity index (χ2n) is 5.74. The monoisotopic (exact) mass is 339 g/mol. The lowest BCUT2D eigenvalue weighted by molar-refractivity contribution is 0.0273. The van der Waals surface area contributed by atoms with Gasteiger partial charge in [0.2, 0.25) is 0 Å². The van der Waals surface area contributed by atoms with Crippen LogP contribution in [0, 0.1) is 6.92 Å². The van der Waals surface area contributed by atoms with Crippen LogP contribution in [0.5, 0.6) is 0 Å². The molecule has 0 unspecified atom stereocenters. The summed E-state index contributed by atoms with van der Waals surface area (Å²) in [7, 11) is 0. The van der Waals surface area contributed by atoms with Crippen LogP contribution < -0.4 is 5.32 Å². The van der Waals surface area contributed by atoms with Gasteiger partial charge >= 0.3 is 0 Å². The summed E-state index contributed by atoms with van der Waals surface area (Å²) < 4.78 is 7.11. The minimum Gasteiger partial charge on any atom is -0.378 e. The smallest absolute Gasteiger partial charge is 0.0575 e. The van der Waals surface area contributed by atoms with Crippen molar-refractivity contribution in [2.24, 2.45) is 0 Å². The minimum atomic E-state index is 0.540. The Morgan fingerprint density at radius 2 is 2.05 bits per heavy atom. The van der Waals surface area contributed by atoms with Crippen molar-refractivity contribution in [3.05, 3.63) is 33.8 Å². The first-order valence-electron chi connectivity index (χ1n) is 7.83. The van der Waals surface area contributed by atoms with Gasteiger partial charge in [-0.3, -0.25) is 0 Å². The van der Waals surface area contributed by atoms with Gasteiger partial charge < -0.3 is 10.1 Å².